The van der Waals surface area contributed by atoms with Crippen LogP contribution in [0.3, 0.4) is 0 Å². The second kappa shape index (κ2) is 6.56. The molecule has 1 aliphatic heterocycles. The average molecular weight is 326 g/mol. The van der Waals surface area contributed by atoms with E-state index in [9.17, 15) is 8.42 Å². The van der Waals surface area contributed by atoms with Crippen LogP contribution in [-0.4, -0.2) is 38.5 Å². The van der Waals surface area contributed by atoms with Crippen molar-refractivity contribution in [2.45, 2.75) is 57.0 Å². The molecule has 0 bridgehead atoms. The highest BCUT2D eigenvalue weighted by molar-refractivity contribution is 7.89. The van der Waals surface area contributed by atoms with Crippen LogP contribution in [0, 0.1) is 13.8 Å². The van der Waals surface area contributed by atoms with Crippen LogP contribution in [0.25, 0.3) is 0 Å². The Hall–Kier alpha value is -1.11. The molecule has 22 heavy (non-hydrogen) atoms. The Morgan fingerprint density at radius 3 is 2.55 bits per heavy atom. The second-order valence-electron chi connectivity index (χ2n) is 6.13. The summed E-state index contributed by atoms with van der Waals surface area (Å²) in [7, 11) is -1.95. The van der Waals surface area contributed by atoms with Crippen molar-refractivity contribution >= 4 is 10.0 Å². The zero-order valence-corrected chi connectivity index (χ0v) is 14.6. The number of nitrogens with zero attached hydrogens (tertiary/aromatic N) is 1. The molecule has 0 radical (unpaired) electrons. The summed E-state index contributed by atoms with van der Waals surface area (Å²) in [6.45, 7) is 6.08. The fraction of sp³-hybridized carbons (Fsp3) is 0.625. The SMILES string of the molecule is COc1cc(C)c(S(=O)(=O)N2CCCCC2C(C)N)cc1C. The molecule has 6 heteroatoms. The first-order valence-electron chi connectivity index (χ1n) is 7.71. The van der Waals surface area contributed by atoms with Gasteiger partial charge in [-0.3, -0.25) is 0 Å². The summed E-state index contributed by atoms with van der Waals surface area (Å²) >= 11 is 0. The van der Waals surface area contributed by atoms with Crippen molar-refractivity contribution in [3.63, 3.8) is 0 Å². The zero-order chi connectivity index (χ0) is 16.5. The van der Waals surface area contributed by atoms with Gasteiger partial charge >= 0.3 is 0 Å². The molecule has 1 saturated heterocycles. The predicted molar refractivity (Wildman–Crippen MR) is 87.6 cm³/mol. The van der Waals surface area contributed by atoms with E-state index in [2.05, 4.69) is 0 Å². The monoisotopic (exact) mass is 326 g/mol. The molecule has 1 aromatic carbocycles. The Labute approximate surface area is 133 Å². The van der Waals surface area contributed by atoms with Crippen molar-refractivity contribution in [2.75, 3.05) is 13.7 Å². The Morgan fingerprint density at radius 2 is 1.95 bits per heavy atom. The van der Waals surface area contributed by atoms with Crippen molar-refractivity contribution in [2.24, 2.45) is 5.73 Å². The largest absolute Gasteiger partial charge is 0.496 e. The summed E-state index contributed by atoms with van der Waals surface area (Å²) in [5.41, 5.74) is 7.55. The minimum atomic E-state index is -3.54. The number of sulfonamides is 1. The topological polar surface area (TPSA) is 72.6 Å². The molecule has 2 unspecified atom stereocenters. The van der Waals surface area contributed by atoms with E-state index in [1.165, 1.54) is 0 Å². The van der Waals surface area contributed by atoms with Gasteiger partial charge in [0.15, 0.2) is 0 Å². The lowest BCUT2D eigenvalue weighted by Gasteiger charge is -2.37. The molecule has 1 aliphatic rings. The van der Waals surface area contributed by atoms with Crippen LogP contribution in [0.5, 0.6) is 5.75 Å². The smallest absolute Gasteiger partial charge is 0.243 e. The first kappa shape index (κ1) is 17.2. The minimum Gasteiger partial charge on any atom is -0.496 e. The third kappa shape index (κ3) is 3.14. The van der Waals surface area contributed by atoms with Gasteiger partial charge in [-0.25, -0.2) is 8.42 Å². The van der Waals surface area contributed by atoms with Crippen LogP contribution in [-0.2, 0) is 10.0 Å². The number of nitrogens with two attached hydrogens (primary N) is 1. The summed E-state index contributed by atoms with van der Waals surface area (Å²) in [4.78, 5) is 0.360. The predicted octanol–water partition coefficient (Wildman–Crippen LogP) is 2.20. The van der Waals surface area contributed by atoms with Gasteiger partial charge in [-0.15, -0.1) is 0 Å². The molecule has 1 fully saturated rings. The normalized spacial score (nSPS) is 21.6. The van der Waals surface area contributed by atoms with Crippen LogP contribution < -0.4 is 10.5 Å². The van der Waals surface area contributed by atoms with Gasteiger partial charge in [0.1, 0.15) is 5.75 Å². The van der Waals surface area contributed by atoms with E-state index in [1.807, 2.05) is 13.8 Å². The van der Waals surface area contributed by atoms with E-state index in [4.69, 9.17) is 10.5 Å². The fourth-order valence-corrected chi connectivity index (χ4v) is 5.21. The number of benzene rings is 1. The number of rotatable bonds is 4. The fourth-order valence-electron chi connectivity index (χ4n) is 3.14. The minimum absolute atomic E-state index is 0.124. The first-order valence-corrected chi connectivity index (χ1v) is 9.15. The summed E-state index contributed by atoms with van der Waals surface area (Å²) in [6.07, 6.45) is 2.74. The summed E-state index contributed by atoms with van der Waals surface area (Å²) in [5.74, 6) is 0.707. The quantitative estimate of drug-likeness (QED) is 0.920. The van der Waals surface area contributed by atoms with Gasteiger partial charge in [0.25, 0.3) is 0 Å². The molecule has 124 valence electrons. The lowest BCUT2D eigenvalue weighted by Crippen LogP contribution is -2.51. The van der Waals surface area contributed by atoms with E-state index in [0.717, 1.165) is 24.8 Å². The molecule has 1 aromatic rings. The van der Waals surface area contributed by atoms with Crippen LogP contribution in [0.4, 0.5) is 0 Å². The van der Waals surface area contributed by atoms with Gasteiger partial charge in [-0.1, -0.05) is 6.42 Å². The molecular weight excluding hydrogens is 300 g/mol. The molecule has 0 saturated carbocycles. The molecule has 0 amide bonds. The van der Waals surface area contributed by atoms with E-state index in [0.29, 0.717) is 22.8 Å². The molecule has 0 aliphatic carbocycles. The molecule has 0 spiro atoms. The van der Waals surface area contributed by atoms with Gasteiger partial charge in [0, 0.05) is 18.6 Å². The number of piperidine rings is 1. The van der Waals surface area contributed by atoms with Gasteiger partial charge in [0.2, 0.25) is 10.0 Å². The van der Waals surface area contributed by atoms with E-state index in [1.54, 1.807) is 30.5 Å². The van der Waals surface area contributed by atoms with Gasteiger partial charge in [-0.05, 0) is 56.9 Å². The number of aryl methyl sites for hydroxylation is 2. The maximum absolute atomic E-state index is 13.1. The third-order valence-corrected chi connectivity index (χ3v) is 6.45. The van der Waals surface area contributed by atoms with Crippen molar-refractivity contribution < 1.29 is 13.2 Å². The van der Waals surface area contributed by atoms with Gasteiger partial charge in [-0.2, -0.15) is 4.31 Å². The Bertz CT molecular complexity index is 641. The highest BCUT2D eigenvalue weighted by Crippen LogP contribution is 2.31. The van der Waals surface area contributed by atoms with Crippen molar-refractivity contribution in [3.8, 4) is 5.75 Å². The molecule has 1 heterocycles. The van der Waals surface area contributed by atoms with Crippen LogP contribution in [0.15, 0.2) is 17.0 Å². The van der Waals surface area contributed by atoms with Crippen LogP contribution in [0.1, 0.15) is 37.3 Å². The van der Waals surface area contributed by atoms with E-state index in [-0.39, 0.29) is 12.1 Å². The van der Waals surface area contributed by atoms with E-state index >= 15 is 0 Å². The third-order valence-electron chi connectivity index (χ3n) is 4.38. The number of hydrogen-bond acceptors (Lipinski definition) is 4. The number of ether oxygens (including phenoxy) is 1. The molecule has 0 aromatic heterocycles. The molecular formula is C16H26N2O3S. The summed E-state index contributed by atoms with van der Waals surface area (Å²) in [5, 5.41) is 0. The van der Waals surface area contributed by atoms with Crippen LogP contribution >= 0.6 is 0 Å². The van der Waals surface area contributed by atoms with Crippen molar-refractivity contribution in [3.05, 3.63) is 23.3 Å². The first-order chi connectivity index (χ1) is 10.3. The second-order valence-corrected chi connectivity index (χ2v) is 7.98. The summed E-state index contributed by atoms with van der Waals surface area (Å²) < 4.78 is 33.1. The van der Waals surface area contributed by atoms with Crippen LogP contribution in [0.2, 0.25) is 0 Å². The lowest BCUT2D eigenvalue weighted by molar-refractivity contribution is 0.227. The van der Waals surface area contributed by atoms with Crippen molar-refractivity contribution in [1.29, 1.82) is 0 Å². The van der Waals surface area contributed by atoms with Gasteiger partial charge < -0.3 is 10.5 Å². The highest BCUT2D eigenvalue weighted by atomic mass is 32.2. The maximum Gasteiger partial charge on any atom is 0.243 e. The Balaban J connectivity index is 2.47. The van der Waals surface area contributed by atoms with Gasteiger partial charge in [0.05, 0.1) is 12.0 Å². The maximum atomic E-state index is 13.1. The number of methoxy groups -OCH3 is 1. The molecule has 2 rings (SSSR count). The Morgan fingerprint density at radius 1 is 1.27 bits per heavy atom. The summed E-state index contributed by atoms with van der Waals surface area (Å²) in [6, 6.07) is 3.19. The Kier molecular flexibility index (Phi) is 5.14. The van der Waals surface area contributed by atoms with Crippen molar-refractivity contribution in [1.82, 2.24) is 4.31 Å². The average Bonchev–Trinajstić information content (AvgIpc) is 2.48. The lowest BCUT2D eigenvalue weighted by atomic mass is 10.00. The zero-order valence-electron chi connectivity index (χ0n) is 13.8. The standard InChI is InChI=1S/C16H26N2O3S/c1-11-10-16(12(2)9-15(11)21-4)22(19,20)18-8-6-5-7-14(18)13(3)17/h9-10,13-14H,5-8,17H2,1-4H3. The van der Waals surface area contributed by atoms with E-state index < -0.39 is 10.0 Å². The highest BCUT2D eigenvalue weighted by Gasteiger charge is 2.36. The molecule has 5 nitrogen and oxygen atoms in total. The molecule has 2 N–H and O–H groups in total. The molecule has 2 atom stereocenters. The number of hydrogen-bond donors (Lipinski definition) is 1.